The number of unbranched alkanes of at least 4 members (excludes halogenated alkanes) is 61. The molecule has 6 nitrogen and oxygen atoms in total. The van der Waals surface area contributed by atoms with E-state index in [1.54, 1.807) is 6.08 Å². The van der Waals surface area contributed by atoms with Crippen molar-refractivity contribution in [1.29, 1.82) is 0 Å². The summed E-state index contributed by atoms with van der Waals surface area (Å²) in [5.41, 5.74) is 0. The van der Waals surface area contributed by atoms with Crippen LogP contribution in [0.5, 0.6) is 0 Å². The maximum atomic E-state index is 12.5. The first-order valence-electron chi connectivity index (χ1n) is 39.1. The normalized spacial score (nSPS) is 12.6. The smallest absolute Gasteiger partial charge is 0.305 e. The quantitative estimate of drug-likeness (QED) is 0.0320. The molecule has 3 N–H and O–H groups in total. The van der Waals surface area contributed by atoms with Gasteiger partial charge < -0.3 is 20.3 Å². The highest BCUT2D eigenvalue weighted by molar-refractivity contribution is 5.76. The molecule has 504 valence electrons. The van der Waals surface area contributed by atoms with Crippen LogP contribution in [0, 0.1) is 0 Å². The number of esters is 1. The molecule has 0 aliphatic carbocycles. The number of carbonyl (C=O) groups excluding carboxylic acids is 2. The Kier molecular flexibility index (Phi) is 73.3. The topological polar surface area (TPSA) is 95.9 Å². The van der Waals surface area contributed by atoms with Crippen LogP contribution in [0.15, 0.2) is 24.3 Å². The number of aliphatic hydroxyl groups excluding tert-OH is 2. The van der Waals surface area contributed by atoms with E-state index < -0.39 is 12.1 Å². The van der Waals surface area contributed by atoms with Gasteiger partial charge in [0.25, 0.3) is 0 Å². The molecule has 1 amide bonds. The first-order chi connectivity index (χ1) is 42.0. The van der Waals surface area contributed by atoms with Crippen LogP contribution in [0.3, 0.4) is 0 Å². The summed E-state index contributed by atoms with van der Waals surface area (Å²) in [6, 6.07) is -0.627. The van der Waals surface area contributed by atoms with Crippen LogP contribution in [0.4, 0.5) is 0 Å². The number of hydrogen-bond donors (Lipinski definition) is 3. The van der Waals surface area contributed by atoms with Crippen LogP contribution < -0.4 is 5.32 Å². The number of aliphatic hydroxyl groups is 2. The van der Waals surface area contributed by atoms with Gasteiger partial charge in [0, 0.05) is 12.8 Å². The average molecular weight is 1200 g/mol. The number of rotatable bonds is 74. The van der Waals surface area contributed by atoms with Crippen molar-refractivity contribution in [2.45, 2.75) is 456 Å². The van der Waals surface area contributed by atoms with Crippen LogP contribution in [0.1, 0.15) is 444 Å². The van der Waals surface area contributed by atoms with Gasteiger partial charge in [-0.25, -0.2) is 0 Å². The summed E-state index contributed by atoms with van der Waals surface area (Å²) >= 11 is 0. The molecule has 0 rings (SSSR count). The molecule has 0 aliphatic heterocycles. The van der Waals surface area contributed by atoms with Gasteiger partial charge in [-0.1, -0.05) is 398 Å². The van der Waals surface area contributed by atoms with E-state index >= 15 is 0 Å². The summed E-state index contributed by atoms with van der Waals surface area (Å²) in [6.45, 7) is 4.96. The fraction of sp³-hybridized carbons (Fsp3) is 0.924. The Morgan fingerprint density at radius 2 is 0.553 bits per heavy atom. The second-order valence-corrected chi connectivity index (χ2v) is 27.0. The average Bonchev–Trinajstić information content (AvgIpc) is 3.51. The molecular weight excluding hydrogens is 1040 g/mol. The minimum absolute atomic E-state index is 0.0226. The molecule has 0 saturated heterocycles. The molecule has 0 aromatic carbocycles. The van der Waals surface area contributed by atoms with E-state index in [1.165, 1.54) is 379 Å². The summed E-state index contributed by atoms with van der Waals surface area (Å²) in [6.07, 6.45) is 95.8. The van der Waals surface area contributed by atoms with Gasteiger partial charge in [-0.2, -0.15) is 0 Å². The minimum atomic E-state index is -0.844. The molecule has 0 fully saturated rings. The number of ether oxygens (including phenoxy) is 1. The van der Waals surface area contributed by atoms with Crippen molar-refractivity contribution in [3.63, 3.8) is 0 Å². The number of hydrogen-bond acceptors (Lipinski definition) is 5. The summed E-state index contributed by atoms with van der Waals surface area (Å²) in [5.74, 6) is -0.0396. The lowest BCUT2D eigenvalue weighted by Crippen LogP contribution is -2.45. The fourth-order valence-corrected chi connectivity index (χ4v) is 12.5. The third-order valence-electron chi connectivity index (χ3n) is 18.5. The highest BCUT2D eigenvalue weighted by Gasteiger charge is 2.18. The van der Waals surface area contributed by atoms with Crippen LogP contribution in [0.25, 0.3) is 0 Å². The molecule has 85 heavy (non-hydrogen) atoms. The van der Waals surface area contributed by atoms with Crippen molar-refractivity contribution < 1.29 is 24.5 Å². The lowest BCUT2D eigenvalue weighted by Gasteiger charge is -2.20. The molecule has 0 heterocycles. The Hall–Kier alpha value is -1.66. The molecule has 0 aliphatic rings. The Balaban J connectivity index is 3.36. The molecular formula is C79H153NO5. The summed E-state index contributed by atoms with van der Waals surface area (Å²) < 4.78 is 5.52. The van der Waals surface area contributed by atoms with Crippen molar-refractivity contribution in [3.05, 3.63) is 24.3 Å². The van der Waals surface area contributed by atoms with E-state index in [9.17, 15) is 19.8 Å². The second kappa shape index (κ2) is 74.8. The van der Waals surface area contributed by atoms with Crippen LogP contribution in [0.2, 0.25) is 0 Å². The third-order valence-corrected chi connectivity index (χ3v) is 18.5. The largest absolute Gasteiger partial charge is 0.466 e. The molecule has 2 unspecified atom stereocenters. The molecule has 2 atom stereocenters. The van der Waals surface area contributed by atoms with Gasteiger partial charge >= 0.3 is 5.97 Å². The van der Waals surface area contributed by atoms with Crippen molar-refractivity contribution >= 4 is 11.9 Å². The summed E-state index contributed by atoms with van der Waals surface area (Å²) in [4.78, 5) is 24.7. The van der Waals surface area contributed by atoms with Gasteiger partial charge in [-0.3, -0.25) is 9.59 Å². The first kappa shape index (κ1) is 83.3. The SMILES string of the molecule is CCCCCCCCCCCCCCCCCCC/C=C/C(O)C(CO)NC(=O)CCCCCCCCCCCCCCCC/C=C\CCCCCCCCCCCCCCOC(=O)CCCCCCCCCCCCCCCCCCCCC. The van der Waals surface area contributed by atoms with Gasteiger partial charge in [0.15, 0.2) is 0 Å². The molecule has 6 heteroatoms. The number of allylic oxidation sites excluding steroid dienone is 3. The third kappa shape index (κ3) is 71.3. The van der Waals surface area contributed by atoms with Crippen LogP contribution in [-0.2, 0) is 14.3 Å². The molecule has 0 saturated carbocycles. The maximum absolute atomic E-state index is 12.5. The van der Waals surface area contributed by atoms with E-state index in [4.69, 9.17) is 4.74 Å². The number of carbonyl (C=O) groups is 2. The predicted octanol–water partition coefficient (Wildman–Crippen LogP) is 25.7. The van der Waals surface area contributed by atoms with Crippen molar-refractivity contribution in [1.82, 2.24) is 5.32 Å². The Labute approximate surface area is 532 Å². The molecule has 0 radical (unpaired) electrons. The van der Waals surface area contributed by atoms with Crippen molar-refractivity contribution in [2.75, 3.05) is 13.2 Å². The van der Waals surface area contributed by atoms with Crippen molar-refractivity contribution in [2.24, 2.45) is 0 Å². The Bertz CT molecular complexity index is 1330. The van der Waals surface area contributed by atoms with Crippen LogP contribution in [-0.4, -0.2) is 47.4 Å². The van der Waals surface area contributed by atoms with Gasteiger partial charge in [0.2, 0.25) is 5.91 Å². The zero-order valence-electron chi connectivity index (χ0n) is 57.9. The second-order valence-electron chi connectivity index (χ2n) is 27.0. The Morgan fingerprint density at radius 1 is 0.318 bits per heavy atom. The van der Waals surface area contributed by atoms with E-state index in [-0.39, 0.29) is 18.5 Å². The number of nitrogens with one attached hydrogen (secondary N) is 1. The van der Waals surface area contributed by atoms with E-state index in [0.29, 0.717) is 19.4 Å². The molecule has 0 spiro atoms. The van der Waals surface area contributed by atoms with Crippen LogP contribution >= 0.6 is 0 Å². The zero-order valence-corrected chi connectivity index (χ0v) is 57.9. The summed E-state index contributed by atoms with van der Waals surface area (Å²) in [5, 5.41) is 23.3. The van der Waals surface area contributed by atoms with Gasteiger partial charge in [-0.05, 0) is 57.8 Å². The first-order valence-corrected chi connectivity index (χ1v) is 39.1. The lowest BCUT2D eigenvalue weighted by molar-refractivity contribution is -0.143. The molecule has 0 bridgehead atoms. The van der Waals surface area contributed by atoms with Gasteiger partial charge in [-0.15, -0.1) is 0 Å². The lowest BCUT2D eigenvalue weighted by atomic mass is 10.0. The van der Waals surface area contributed by atoms with E-state index in [1.807, 2.05) is 6.08 Å². The van der Waals surface area contributed by atoms with E-state index in [2.05, 4.69) is 31.3 Å². The van der Waals surface area contributed by atoms with Gasteiger partial charge in [0.05, 0.1) is 25.4 Å². The van der Waals surface area contributed by atoms with Crippen molar-refractivity contribution in [3.8, 4) is 0 Å². The van der Waals surface area contributed by atoms with Gasteiger partial charge in [0.1, 0.15) is 0 Å². The standard InChI is InChI=1S/C79H153NO5/c1-3-5-7-9-11-13-15-17-19-21-35-39-43-47-51-55-59-63-67-71-77(82)76(75-81)80-78(83)72-68-64-60-56-52-48-44-40-37-33-31-29-27-25-23-24-26-28-30-32-34-38-42-46-50-54-58-62-66-70-74-85-79(84)73-69-65-61-57-53-49-45-41-36-22-20-18-16-14-12-10-8-6-4-2/h24,26,67,71,76-77,81-82H,3-23,25,27-66,68-70,72-75H2,1-2H3,(H,80,83)/b26-24-,71-67+. The fourth-order valence-electron chi connectivity index (χ4n) is 12.5. The minimum Gasteiger partial charge on any atom is -0.466 e. The highest BCUT2D eigenvalue weighted by Crippen LogP contribution is 2.20. The van der Waals surface area contributed by atoms with E-state index in [0.717, 1.165) is 38.5 Å². The Morgan fingerprint density at radius 3 is 0.835 bits per heavy atom. The zero-order chi connectivity index (χ0) is 61.3. The molecule has 0 aromatic rings. The monoisotopic (exact) mass is 1200 g/mol. The molecule has 0 aromatic heterocycles. The predicted molar refractivity (Wildman–Crippen MR) is 375 cm³/mol. The summed E-state index contributed by atoms with van der Waals surface area (Å²) in [7, 11) is 0. The highest BCUT2D eigenvalue weighted by atomic mass is 16.5. The number of amides is 1. The maximum Gasteiger partial charge on any atom is 0.305 e.